The van der Waals surface area contributed by atoms with E-state index >= 15 is 0 Å². The highest BCUT2D eigenvalue weighted by Crippen LogP contribution is 2.20. The molecule has 2 aromatic carbocycles. The first kappa shape index (κ1) is 17.6. The zero-order valence-electron chi connectivity index (χ0n) is 14.5. The van der Waals surface area contributed by atoms with Crippen molar-refractivity contribution in [3.63, 3.8) is 0 Å². The van der Waals surface area contributed by atoms with Crippen LogP contribution in [0.4, 0.5) is 0 Å². The van der Waals surface area contributed by atoms with Crippen molar-refractivity contribution in [3.8, 4) is 11.1 Å². The van der Waals surface area contributed by atoms with E-state index in [-0.39, 0.29) is 18.4 Å². The Hall–Kier alpha value is -2.17. The summed E-state index contributed by atoms with van der Waals surface area (Å²) in [7, 11) is 0. The van der Waals surface area contributed by atoms with Gasteiger partial charge in [-0.15, -0.1) is 0 Å². The van der Waals surface area contributed by atoms with Crippen LogP contribution in [-0.4, -0.2) is 42.2 Å². The van der Waals surface area contributed by atoms with Crippen molar-refractivity contribution >= 4 is 5.91 Å². The maximum Gasteiger partial charge on any atom is 0.224 e. The lowest BCUT2D eigenvalue weighted by Crippen LogP contribution is -2.43. The number of likely N-dealkylation sites (tertiary alicyclic amines) is 1. The van der Waals surface area contributed by atoms with Crippen LogP contribution in [0.3, 0.4) is 0 Å². The number of aliphatic hydroxyl groups excluding tert-OH is 1. The van der Waals surface area contributed by atoms with Crippen molar-refractivity contribution in [1.29, 1.82) is 0 Å². The van der Waals surface area contributed by atoms with Crippen LogP contribution < -0.4 is 5.32 Å². The van der Waals surface area contributed by atoms with Crippen LogP contribution >= 0.6 is 0 Å². The van der Waals surface area contributed by atoms with Gasteiger partial charge in [0.25, 0.3) is 0 Å². The van der Waals surface area contributed by atoms with Gasteiger partial charge in [-0.3, -0.25) is 4.79 Å². The fourth-order valence-corrected chi connectivity index (χ4v) is 3.44. The number of β-amino-alcohol motifs (C(OH)–C–C–N with tert-alkyl or cyclic N) is 1. The molecule has 1 atom stereocenters. The predicted octanol–water partition coefficient (Wildman–Crippen LogP) is 2.67. The molecule has 0 radical (unpaired) electrons. The maximum absolute atomic E-state index is 12.5. The van der Waals surface area contributed by atoms with Crippen LogP contribution in [0.15, 0.2) is 54.6 Å². The summed E-state index contributed by atoms with van der Waals surface area (Å²) in [6, 6.07) is 18.6. The normalized spacial score (nSPS) is 18.0. The summed E-state index contributed by atoms with van der Waals surface area (Å²) in [5.41, 5.74) is 3.46. The third-order valence-electron chi connectivity index (χ3n) is 4.79. The summed E-state index contributed by atoms with van der Waals surface area (Å²) in [4.78, 5) is 14.6. The molecule has 2 N–H and O–H groups in total. The molecule has 1 amide bonds. The van der Waals surface area contributed by atoms with Gasteiger partial charge in [0.15, 0.2) is 0 Å². The van der Waals surface area contributed by atoms with Crippen LogP contribution in [0.25, 0.3) is 11.1 Å². The zero-order chi connectivity index (χ0) is 17.5. The van der Waals surface area contributed by atoms with Gasteiger partial charge in [0.1, 0.15) is 0 Å². The van der Waals surface area contributed by atoms with Gasteiger partial charge in [0.05, 0.1) is 12.5 Å². The minimum Gasteiger partial charge on any atom is -0.395 e. The molecule has 1 aliphatic rings. The Bertz CT molecular complexity index is 685. The van der Waals surface area contributed by atoms with Crippen molar-refractivity contribution in [1.82, 2.24) is 10.2 Å². The fourth-order valence-electron chi connectivity index (χ4n) is 3.44. The van der Waals surface area contributed by atoms with Gasteiger partial charge in [-0.1, -0.05) is 48.5 Å². The molecule has 25 heavy (non-hydrogen) atoms. The Morgan fingerprint density at radius 2 is 1.92 bits per heavy atom. The summed E-state index contributed by atoms with van der Waals surface area (Å²) < 4.78 is 0. The zero-order valence-corrected chi connectivity index (χ0v) is 14.5. The largest absolute Gasteiger partial charge is 0.395 e. The quantitative estimate of drug-likeness (QED) is 0.851. The minimum absolute atomic E-state index is 0.0256. The number of amides is 1. The van der Waals surface area contributed by atoms with Gasteiger partial charge >= 0.3 is 0 Å². The molecule has 1 aliphatic heterocycles. The lowest BCUT2D eigenvalue weighted by atomic mass is 9.97. The lowest BCUT2D eigenvalue weighted by Gasteiger charge is -2.31. The average Bonchev–Trinajstić information content (AvgIpc) is 2.67. The van der Waals surface area contributed by atoms with Gasteiger partial charge in [-0.05, 0) is 42.1 Å². The topological polar surface area (TPSA) is 52.6 Å². The van der Waals surface area contributed by atoms with Crippen molar-refractivity contribution in [2.75, 3.05) is 26.2 Å². The lowest BCUT2D eigenvalue weighted by molar-refractivity contribution is -0.126. The monoisotopic (exact) mass is 338 g/mol. The van der Waals surface area contributed by atoms with Crippen LogP contribution in [0, 0.1) is 5.92 Å². The Morgan fingerprint density at radius 1 is 1.12 bits per heavy atom. The van der Waals surface area contributed by atoms with E-state index in [4.69, 9.17) is 5.11 Å². The SMILES string of the molecule is O=C(NCc1cccc(-c2ccccc2)c1)[C@@H]1CCCN(CCO)C1. The van der Waals surface area contributed by atoms with Crippen LogP contribution in [-0.2, 0) is 11.3 Å². The summed E-state index contributed by atoms with van der Waals surface area (Å²) in [6.07, 6.45) is 1.94. The van der Waals surface area contributed by atoms with E-state index < -0.39 is 0 Å². The van der Waals surface area contributed by atoms with E-state index in [1.807, 2.05) is 30.3 Å². The second-order valence-electron chi connectivity index (χ2n) is 6.65. The first-order chi connectivity index (χ1) is 12.3. The van der Waals surface area contributed by atoms with Gasteiger partial charge in [-0.25, -0.2) is 0 Å². The summed E-state index contributed by atoms with van der Waals surface area (Å²) in [5.74, 6) is 0.144. The molecule has 0 spiro atoms. The summed E-state index contributed by atoms with van der Waals surface area (Å²) in [6.45, 7) is 3.08. The molecule has 0 bridgehead atoms. The number of piperidine rings is 1. The summed E-state index contributed by atoms with van der Waals surface area (Å²) in [5, 5.41) is 12.2. The smallest absolute Gasteiger partial charge is 0.224 e. The molecule has 3 rings (SSSR count). The molecule has 0 aromatic heterocycles. The van der Waals surface area contributed by atoms with E-state index in [9.17, 15) is 4.79 Å². The molecule has 132 valence electrons. The predicted molar refractivity (Wildman–Crippen MR) is 100.0 cm³/mol. The van der Waals surface area contributed by atoms with E-state index in [1.54, 1.807) is 0 Å². The van der Waals surface area contributed by atoms with E-state index in [2.05, 4.69) is 34.5 Å². The molecule has 1 heterocycles. The third-order valence-corrected chi connectivity index (χ3v) is 4.79. The van der Waals surface area contributed by atoms with Crippen molar-refractivity contribution in [3.05, 3.63) is 60.2 Å². The third kappa shape index (κ3) is 4.91. The van der Waals surface area contributed by atoms with E-state index in [1.165, 1.54) is 11.1 Å². The maximum atomic E-state index is 12.5. The number of nitrogens with zero attached hydrogens (tertiary/aromatic N) is 1. The Balaban J connectivity index is 1.57. The van der Waals surface area contributed by atoms with Crippen LogP contribution in [0.1, 0.15) is 18.4 Å². The molecule has 1 saturated heterocycles. The second kappa shape index (κ2) is 8.79. The van der Waals surface area contributed by atoms with E-state index in [0.717, 1.165) is 31.5 Å². The number of carbonyl (C=O) groups excluding carboxylic acids is 1. The average molecular weight is 338 g/mol. The van der Waals surface area contributed by atoms with Crippen molar-refractivity contribution in [2.45, 2.75) is 19.4 Å². The molecule has 0 unspecified atom stereocenters. The molecule has 0 aliphatic carbocycles. The van der Waals surface area contributed by atoms with Crippen molar-refractivity contribution in [2.24, 2.45) is 5.92 Å². The number of benzene rings is 2. The fraction of sp³-hybridized carbons (Fsp3) is 0.381. The highest BCUT2D eigenvalue weighted by molar-refractivity contribution is 5.79. The van der Waals surface area contributed by atoms with Crippen LogP contribution in [0.5, 0.6) is 0 Å². The molecule has 4 heteroatoms. The highest BCUT2D eigenvalue weighted by atomic mass is 16.3. The molecule has 1 fully saturated rings. The number of nitrogens with one attached hydrogen (secondary N) is 1. The van der Waals surface area contributed by atoms with Gasteiger partial charge < -0.3 is 15.3 Å². The number of hydrogen-bond acceptors (Lipinski definition) is 3. The molecular formula is C21H26N2O2. The van der Waals surface area contributed by atoms with E-state index in [0.29, 0.717) is 13.1 Å². The molecular weight excluding hydrogens is 312 g/mol. The number of carbonyl (C=O) groups is 1. The number of aliphatic hydroxyl groups is 1. The summed E-state index contributed by atoms with van der Waals surface area (Å²) >= 11 is 0. The minimum atomic E-state index is 0.0256. The Labute approximate surface area is 149 Å². The number of hydrogen-bond donors (Lipinski definition) is 2. The highest BCUT2D eigenvalue weighted by Gasteiger charge is 2.25. The molecule has 2 aromatic rings. The molecule has 0 saturated carbocycles. The molecule has 4 nitrogen and oxygen atoms in total. The Morgan fingerprint density at radius 3 is 2.72 bits per heavy atom. The van der Waals surface area contributed by atoms with Gasteiger partial charge in [0.2, 0.25) is 5.91 Å². The van der Waals surface area contributed by atoms with Gasteiger partial charge in [-0.2, -0.15) is 0 Å². The first-order valence-electron chi connectivity index (χ1n) is 9.01. The van der Waals surface area contributed by atoms with Gasteiger partial charge in [0, 0.05) is 19.6 Å². The first-order valence-corrected chi connectivity index (χ1v) is 9.01. The number of rotatable bonds is 6. The second-order valence-corrected chi connectivity index (χ2v) is 6.65. The Kier molecular flexibility index (Phi) is 6.20. The standard InChI is InChI=1S/C21H26N2O2/c24-13-12-23-11-5-10-20(16-23)21(25)22-15-17-6-4-9-19(14-17)18-7-2-1-3-8-18/h1-4,6-9,14,20,24H,5,10-13,15-16H2,(H,22,25)/t20-/m1/s1. The van der Waals surface area contributed by atoms with Crippen LogP contribution in [0.2, 0.25) is 0 Å². The van der Waals surface area contributed by atoms with Crippen molar-refractivity contribution < 1.29 is 9.90 Å².